The van der Waals surface area contributed by atoms with Crippen LogP contribution >= 0.6 is 0 Å². The molecular formula is C5H8F3N. The van der Waals surface area contributed by atoms with Crippen molar-refractivity contribution in [2.24, 2.45) is 0 Å². The number of halogens is 3. The van der Waals surface area contributed by atoms with Gasteiger partial charge in [-0.1, -0.05) is 0 Å². The zero-order valence-corrected chi connectivity index (χ0v) is 5.07. The fraction of sp³-hybridized carbons (Fsp3) is 1.00. The lowest BCUT2D eigenvalue weighted by atomic mass is 10.6. The first-order valence-electron chi connectivity index (χ1n) is 2.81. The minimum Gasteiger partial charge on any atom is -0.214 e. The van der Waals surface area contributed by atoms with Crippen molar-refractivity contribution < 1.29 is 13.2 Å². The summed E-state index contributed by atoms with van der Waals surface area (Å²) in [5.74, 6) is 0. The van der Waals surface area contributed by atoms with Crippen molar-refractivity contribution in [2.45, 2.75) is 25.2 Å². The molecule has 0 unspecified atom stereocenters. The summed E-state index contributed by atoms with van der Waals surface area (Å²) in [4.78, 5) is 0.465. The molecular weight excluding hydrogens is 131 g/mol. The van der Waals surface area contributed by atoms with Crippen molar-refractivity contribution in [2.75, 3.05) is 7.05 Å². The first kappa shape index (κ1) is 6.86. The molecule has 4 heteroatoms. The molecule has 54 valence electrons. The SMILES string of the molecule is CN(C1CC1)C(F)(F)F. The Kier molecular flexibility index (Phi) is 1.42. The number of alkyl halides is 3. The van der Waals surface area contributed by atoms with Crippen LogP contribution in [0.1, 0.15) is 12.8 Å². The minimum absolute atomic E-state index is 0.231. The van der Waals surface area contributed by atoms with Crippen LogP contribution in [0.5, 0.6) is 0 Å². The molecule has 0 heterocycles. The van der Waals surface area contributed by atoms with Gasteiger partial charge in [-0.15, -0.1) is 0 Å². The predicted octanol–water partition coefficient (Wildman–Crippen LogP) is 1.60. The fourth-order valence-corrected chi connectivity index (χ4v) is 0.669. The molecule has 0 N–H and O–H groups in total. The second-order valence-electron chi connectivity index (χ2n) is 2.31. The molecule has 0 saturated heterocycles. The van der Waals surface area contributed by atoms with Gasteiger partial charge in [-0.25, -0.2) is 4.90 Å². The first-order valence-corrected chi connectivity index (χ1v) is 2.81. The lowest BCUT2D eigenvalue weighted by Gasteiger charge is -2.18. The zero-order valence-electron chi connectivity index (χ0n) is 5.07. The summed E-state index contributed by atoms with van der Waals surface area (Å²) in [5, 5.41) is 0. The van der Waals surface area contributed by atoms with Crippen molar-refractivity contribution in [1.29, 1.82) is 0 Å². The third kappa shape index (κ3) is 1.58. The van der Waals surface area contributed by atoms with Crippen LogP contribution in [0.4, 0.5) is 13.2 Å². The molecule has 0 spiro atoms. The third-order valence-corrected chi connectivity index (χ3v) is 1.49. The van der Waals surface area contributed by atoms with Gasteiger partial charge in [0.25, 0.3) is 0 Å². The molecule has 1 fully saturated rings. The largest absolute Gasteiger partial charge is 0.459 e. The third-order valence-electron chi connectivity index (χ3n) is 1.49. The number of nitrogens with zero attached hydrogens (tertiary/aromatic N) is 1. The van der Waals surface area contributed by atoms with Crippen LogP contribution in [0.2, 0.25) is 0 Å². The van der Waals surface area contributed by atoms with Gasteiger partial charge in [-0.3, -0.25) is 0 Å². The Morgan fingerprint density at radius 3 is 1.89 bits per heavy atom. The fourth-order valence-electron chi connectivity index (χ4n) is 0.669. The highest BCUT2D eigenvalue weighted by Crippen LogP contribution is 2.33. The summed E-state index contributed by atoms with van der Waals surface area (Å²) in [6.07, 6.45) is -2.74. The van der Waals surface area contributed by atoms with Crippen molar-refractivity contribution in [3.05, 3.63) is 0 Å². The van der Waals surface area contributed by atoms with E-state index in [-0.39, 0.29) is 6.04 Å². The average Bonchev–Trinajstić information content (AvgIpc) is 2.40. The molecule has 0 aromatic carbocycles. The Morgan fingerprint density at radius 1 is 1.33 bits per heavy atom. The van der Waals surface area contributed by atoms with E-state index in [4.69, 9.17) is 0 Å². The van der Waals surface area contributed by atoms with E-state index in [0.717, 1.165) is 7.05 Å². The molecule has 9 heavy (non-hydrogen) atoms. The number of rotatable bonds is 1. The minimum atomic E-state index is -4.12. The second kappa shape index (κ2) is 1.87. The van der Waals surface area contributed by atoms with Crippen LogP contribution < -0.4 is 0 Å². The van der Waals surface area contributed by atoms with E-state index >= 15 is 0 Å². The van der Waals surface area contributed by atoms with Crippen molar-refractivity contribution >= 4 is 0 Å². The maximum absolute atomic E-state index is 11.7. The Labute approximate surface area is 51.4 Å². The van der Waals surface area contributed by atoms with Gasteiger partial charge in [-0.2, -0.15) is 13.2 Å². The summed E-state index contributed by atoms with van der Waals surface area (Å²) in [6.45, 7) is 0. The summed E-state index contributed by atoms with van der Waals surface area (Å²) in [5.41, 5.74) is 0. The van der Waals surface area contributed by atoms with Gasteiger partial charge in [0.2, 0.25) is 0 Å². The van der Waals surface area contributed by atoms with Crippen molar-refractivity contribution in [3.8, 4) is 0 Å². The maximum Gasteiger partial charge on any atom is 0.459 e. The summed E-state index contributed by atoms with van der Waals surface area (Å²) < 4.78 is 35.0. The van der Waals surface area contributed by atoms with E-state index in [1.807, 2.05) is 0 Å². The highest BCUT2D eigenvalue weighted by atomic mass is 19.4. The molecule has 1 aliphatic rings. The molecule has 0 aromatic rings. The van der Waals surface area contributed by atoms with Crippen LogP contribution in [0.3, 0.4) is 0 Å². The molecule has 0 amide bonds. The summed E-state index contributed by atoms with van der Waals surface area (Å²) in [7, 11) is 1.09. The Morgan fingerprint density at radius 2 is 1.78 bits per heavy atom. The first-order chi connectivity index (χ1) is 4.02. The predicted molar refractivity (Wildman–Crippen MR) is 26.8 cm³/mol. The van der Waals surface area contributed by atoms with Crippen LogP contribution in [0.25, 0.3) is 0 Å². The Hall–Kier alpha value is -0.250. The van der Waals surface area contributed by atoms with Gasteiger partial charge in [0.15, 0.2) is 0 Å². The van der Waals surface area contributed by atoms with Gasteiger partial charge in [-0.05, 0) is 19.9 Å². The Bertz CT molecular complexity index is 105. The number of hydrogen-bond donors (Lipinski definition) is 0. The van der Waals surface area contributed by atoms with Gasteiger partial charge < -0.3 is 0 Å². The summed E-state index contributed by atoms with van der Waals surface area (Å²) in [6, 6.07) is -0.231. The van der Waals surface area contributed by atoms with E-state index in [2.05, 4.69) is 0 Å². The Balaban J connectivity index is 2.40. The molecule has 1 saturated carbocycles. The van der Waals surface area contributed by atoms with Crippen LogP contribution in [0, 0.1) is 0 Å². The smallest absolute Gasteiger partial charge is 0.214 e. The highest BCUT2D eigenvalue weighted by Gasteiger charge is 2.43. The lowest BCUT2D eigenvalue weighted by molar-refractivity contribution is -0.239. The molecule has 0 aliphatic heterocycles. The molecule has 1 nitrogen and oxygen atoms in total. The van der Waals surface area contributed by atoms with E-state index in [1.54, 1.807) is 0 Å². The van der Waals surface area contributed by atoms with Crippen molar-refractivity contribution in [1.82, 2.24) is 4.90 Å². The van der Waals surface area contributed by atoms with Gasteiger partial charge in [0, 0.05) is 6.04 Å². The second-order valence-corrected chi connectivity index (χ2v) is 2.31. The number of hydrogen-bond acceptors (Lipinski definition) is 1. The van der Waals surface area contributed by atoms with Crippen molar-refractivity contribution in [3.63, 3.8) is 0 Å². The zero-order chi connectivity index (χ0) is 7.07. The molecule has 0 bridgehead atoms. The van der Waals surface area contributed by atoms with Gasteiger partial charge >= 0.3 is 6.30 Å². The molecule has 0 aromatic heterocycles. The van der Waals surface area contributed by atoms with E-state index in [0.29, 0.717) is 17.7 Å². The monoisotopic (exact) mass is 139 g/mol. The van der Waals surface area contributed by atoms with Crippen LogP contribution in [-0.4, -0.2) is 24.3 Å². The quantitative estimate of drug-likeness (QED) is 0.499. The molecule has 1 rings (SSSR count). The van der Waals surface area contributed by atoms with Crippen LogP contribution in [-0.2, 0) is 0 Å². The maximum atomic E-state index is 11.7. The van der Waals surface area contributed by atoms with Gasteiger partial charge in [0.05, 0.1) is 0 Å². The van der Waals surface area contributed by atoms with E-state index in [9.17, 15) is 13.2 Å². The van der Waals surface area contributed by atoms with E-state index in [1.165, 1.54) is 0 Å². The average molecular weight is 139 g/mol. The highest BCUT2D eigenvalue weighted by molar-refractivity contribution is 4.83. The summed E-state index contributed by atoms with van der Waals surface area (Å²) >= 11 is 0. The topological polar surface area (TPSA) is 3.24 Å². The van der Waals surface area contributed by atoms with Crippen LogP contribution in [0.15, 0.2) is 0 Å². The van der Waals surface area contributed by atoms with E-state index < -0.39 is 6.30 Å². The standard InChI is InChI=1S/C5H8F3N/c1-9(4-2-3-4)5(6,7)8/h4H,2-3H2,1H3. The van der Waals surface area contributed by atoms with Gasteiger partial charge in [0.1, 0.15) is 0 Å². The molecule has 0 radical (unpaired) electrons. The lowest BCUT2D eigenvalue weighted by Crippen LogP contribution is -2.35. The normalized spacial score (nSPS) is 21.0. The molecule has 0 atom stereocenters. The molecule has 1 aliphatic carbocycles.